The maximum atomic E-state index is 11.2. The van der Waals surface area contributed by atoms with Crippen LogP contribution in [0.25, 0.3) is 0 Å². The van der Waals surface area contributed by atoms with Gasteiger partial charge in [-0.1, -0.05) is 38.2 Å². The molecule has 92 valence electrons. The van der Waals surface area contributed by atoms with Crippen molar-refractivity contribution in [1.82, 2.24) is 0 Å². The molecular formula is C15H20O2. The van der Waals surface area contributed by atoms with Crippen LogP contribution in [0.15, 0.2) is 49.1 Å². The summed E-state index contributed by atoms with van der Waals surface area (Å²) in [6, 6.07) is 0. The lowest BCUT2D eigenvalue weighted by Gasteiger charge is -1.87. The molecule has 0 aliphatic heterocycles. The van der Waals surface area contributed by atoms with Crippen molar-refractivity contribution in [1.29, 1.82) is 0 Å². The lowest BCUT2D eigenvalue weighted by molar-refractivity contribution is -0.111. The van der Waals surface area contributed by atoms with Gasteiger partial charge in [-0.25, -0.2) is 0 Å². The third-order valence-corrected chi connectivity index (χ3v) is 2.00. The Morgan fingerprint density at radius 2 is 1.35 bits per heavy atom. The number of hydrogen-bond donors (Lipinski definition) is 0. The Kier molecular flexibility index (Phi) is 9.73. The first-order valence-electron chi connectivity index (χ1n) is 5.90. The van der Waals surface area contributed by atoms with Crippen LogP contribution in [0.5, 0.6) is 0 Å². The second kappa shape index (κ2) is 10.8. The third-order valence-electron chi connectivity index (χ3n) is 2.00. The first-order chi connectivity index (χ1) is 8.20. The largest absolute Gasteiger partial charge is 0.290 e. The van der Waals surface area contributed by atoms with Gasteiger partial charge in [-0.15, -0.1) is 0 Å². The van der Waals surface area contributed by atoms with Crippen molar-refractivity contribution >= 4 is 11.6 Å². The van der Waals surface area contributed by atoms with Crippen LogP contribution in [0, 0.1) is 0 Å². The Hall–Kier alpha value is -1.70. The Balaban J connectivity index is 3.73. The van der Waals surface area contributed by atoms with E-state index in [1.807, 2.05) is 12.2 Å². The SMILES string of the molecule is C=CC(=O)C=CCCC=CC(=O)C=CCCC. The number of carbonyl (C=O) groups is 2. The molecule has 0 spiro atoms. The predicted molar refractivity (Wildman–Crippen MR) is 71.8 cm³/mol. The quantitative estimate of drug-likeness (QED) is 0.450. The number of unbranched alkanes of at least 4 members (excludes halogenated alkanes) is 2. The molecule has 0 aromatic rings. The Morgan fingerprint density at radius 3 is 1.82 bits per heavy atom. The Morgan fingerprint density at radius 1 is 0.882 bits per heavy atom. The van der Waals surface area contributed by atoms with Crippen LogP contribution in [0.4, 0.5) is 0 Å². The number of carbonyl (C=O) groups excluding carboxylic acids is 2. The lowest BCUT2D eigenvalue weighted by Crippen LogP contribution is -1.85. The first kappa shape index (κ1) is 15.3. The summed E-state index contributed by atoms with van der Waals surface area (Å²) in [5, 5.41) is 0. The molecule has 0 N–H and O–H groups in total. The average molecular weight is 232 g/mol. The molecule has 0 aromatic carbocycles. The average Bonchev–Trinajstić information content (AvgIpc) is 2.33. The molecular weight excluding hydrogens is 212 g/mol. The van der Waals surface area contributed by atoms with E-state index in [1.165, 1.54) is 12.2 Å². The van der Waals surface area contributed by atoms with E-state index in [1.54, 1.807) is 18.2 Å². The van der Waals surface area contributed by atoms with Crippen LogP contribution < -0.4 is 0 Å². The predicted octanol–water partition coefficient (Wildman–Crippen LogP) is 3.56. The van der Waals surface area contributed by atoms with Gasteiger partial charge in [-0.3, -0.25) is 9.59 Å². The van der Waals surface area contributed by atoms with Gasteiger partial charge in [0.25, 0.3) is 0 Å². The second-order valence-corrected chi connectivity index (χ2v) is 3.58. The van der Waals surface area contributed by atoms with Crippen LogP contribution in [-0.4, -0.2) is 11.6 Å². The highest BCUT2D eigenvalue weighted by atomic mass is 16.1. The van der Waals surface area contributed by atoms with Gasteiger partial charge < -0.3 is 0 Å². The molecule has 0 aromatic heterocycles. The molecule has 0 radical (unpaired) electrons. The molecule has 0 heterocycles. The van der Waals surface area contributed by atoms with E-state index in [9.17, 15) is 9.59 Å². The van der Waals surface area contributed by atoms with E-state index < -0.39 is 0 Å². The van der Waals surface area contributed by atoms with E-state index in [0.717, 1.165) is 25.7 Å². The maximum Gasteiger partial charge on any atom is 0.177 e. The molecule has 0 atom stereocenters. The van der Waals surface area contributed by atoms with Crippen molar-refractivity contribution in [2.45, 2.75) is 32.6 Å². The standard InChI is InChI=1S/C15H20O2/c1-3-5-8-12-15(17)13-10-7-6-9-11-14(16)4-2/h4,8-13H,2-3,5-7H2,1H3. The van der Waals surface area contributed by atoms with Crippen molar-refractivity contribution in [3.05, 3.63) is 49.1 Å². The summed E-state index contributed by atoms with van der Waals surface area (Å²) in [4.78, 5) is 22.1. The number of rotatable bonds is 9. The van der Waals surface area contributed by atoms with Crippen LogP contribution in [0.1, 0.15) is 32.6 Å². The van der Waals surface area contributed by atoms with Gasteiger partial charge >= 0.3 is 0 Å². The van der Waals surface area contributed by atoms with Gasteiger partial charge in [-0.05, 0) is 43.6 Å². The van der Waals surface area contributed by atoms with Crippen molar-refractivity contribution in [2.75, 3.05) is 0 Å². The summed E-state index contributed by atoms with van der Waals surface area (Å²) in [6.45, 7) is 5.44. The van der Waals surface area contributed by atoms with Crippen LogP contribution in [-0.2, 0) is 9.59 Å². The molecule has 0 saturated carbocycles. The summed E-state index contributed by atoms with van der Waals surface area (Å²) in [5.74, 6) is -0.0721. The van der Waals surface area contributed by atoms with Gasteiger partial charge in [0.1, 0.15) is 0 Å². The van der Waals surface area contributed by atoms with Crippen molar-refractivity contribution in [2.24, 2.45) is 0 Å². The first-order valence-corrected chi connectivity index (χ1v) is 5.90. The van der Waals surface area contributed by atoms with E-state index in [0.29, 0.717) is 0 Å². The fraction of sp³-hybridized carbons (Fsp3) is 0.333. The summed E-state index contributed by atoms with van der Waals surface area (Å²) >= 11 is 0. The molecule has 2 heteroatoms. The summed E-state index contributed by atoms with van der Waals surface area (Å²) in [7, 11) is 0. The molecule has 0 bridgehead atoms. The molecule has 0 aliphatic carbocycles. The van der Waals surface area contributed by atoms with Gasteiger partial charge in [0.2, 0.25) is 0 Å². The van der Waals surface area contributed by atoms with Gasteiger partial charge in [0.05, 0.1) is 0 Å². The minimum Gasteiger partial charge on any atom is -0.290 e. The van der Waals surface area contributed by atoms with Gasteiger partial charge in [0.15, 0.2) is 11.6 Å². The van der Waals surface area contributed by atoms with Crippen molar-refractivity contribution < 1.29 is 9.59 Å². The number of hydrogen-bond acceptors (Lipinski definition) is 2. The second-order valence-electron chi connectivity index (χ2n) is 3.58. The minimum atomic E-state index is -0.0902. The zero-order valence-electron chi connectivity index (χ0n) is 10.4. The van der Waals surface area contributed by atoms with E-state index >= 15 is 0 Å². The Labute approximate surface area is 103 Å². The molecule has 0 aliphatic rings. The number of ketones is 2. The van der Waals surface area contributed by atoms with E-state index in [-0.39, 0.29) is 11.6 Å². The molecule has 0 fully saturated rings. The molecule has 0 saturated heterocycles. The summed E-state index contributed by atoms with van der Waals surface area (Å²) in [5.41, 5.74) is 0. The monoisotopic (exact) mass is 232 g/mol. The number of allylic oxidation sites excluding steroid dienone is 7. The fourth-order valence-electron chi connectivity index (χ4n) is 1.08. The summed E-state index contributed by atoms with van der Waals surface area (Å²) in [6.07, 6.45) is 14.9. The molecule has 17 heavy (non-hydrogen) atoms. The highest BCUT2D eigenvalue weighted by molar-refractivity contribution is 5.99. The van der Waals surface area contributed by atoms with E-state index in [4.69, 9.17) is 0 Å². The van der Waals surface area contributed by atoms with Crippen LogP contribution >= 0.6 is 0 Å². The third kappa shape index (κ3) is 10.6. The topological polar surface area (TPSA) is 34.1 Å². The molecule has 0 amide bonds. The van der Waals surface area contributed by atoms with Gasteiger partial charge in [0, 0.05) is 0 Å². The van der Waals surface area contributed by atoms with Crippen molar-refractivity contribution in [3.63, 3.8) is 0 Å². The molecule has 2 nitrogen and oxygen atoms in total. The fourth-order valence-corrected chi connectivity index (χ4v) is 1.08. The van der Waals surface area contributed by atoms with Crippen LogP contribution in [0.2, 0.25) is 0 Å². The smallest absolute Gasteiger partial charge is 0.177 e. The van der Waals surface area contributed by atoms with Gasteiger partial charge in [-0.2, -0.15) is 0 Å². The lowest BCUT2D eigenvalue weighted by atomic mass is 10.2. The molecule has 0 unspecified atom stereocenters. The zero-order valence-corrected chi connectivity index (χ0v) is 10.4. The molecule has 0 rings (SSSR count). The zero-order chi connectivity index (χ0) is 12.9. The minimum absolute atomic E-state index is 0.0181. The maximum absolute atomic E-state index is 11.2. The highest BCUT2D eigenvalue weighted by Crippen LogP contribution is 1.95. The normalized spacial score (nSPS) is 11.6. The van der Waals surface area contributed by atoms with Crippen LogP contribution in [0.3, 0.4) is 0 Å². The summed E-state index contributed by atoms with van der Waals surface area (Å²) < 4.78 is 0. The van der Waals surface area contributed by atoms with E-state index in [2.05, 4.69) is 13.5 Å². The highest BCUT2D eigenvalue weighted by Gasteiger charge is 1.87. The Bertz CT molecular complexity index is 333. The van der Waals surface area contributed by atoms with Crippen molar-refractivity contribution in [3.8, 4) is 0 Å².